The quantitative estimate of drug-likeness (QED) is 0.582. The van der Waals surface area contributed by atoms with Crippen LogP contribution in [0.25, 0.3) is 10.9 Å². The molecule has 4 rings (SSSR count). The number of nitrogens with zero attached hydrogens (tertiary/aromatic N) is 2. The average Bonchev–Trinajstić information content (AvgIpc) is 3.14. The summed E-state index contributed by atoms with van der Waals surface area (Å²) in [5, 5.41) is 0.664. The summed E-state index contributed by atoms with van der Waals surface area (Å²) in [6.07, 6.45) is 0. The number of fused-ring (bicyclic) bond motifs is 1. The first-order chi connectivity index (χ1) is 14.4. The molecule has 0 bridgehead atoms. The lowest BCUT2D eigenvalue weighted by atomic mass is 10.1. The third-order valence-corrected chi connectivity index (χ3v) is 7.03. The van der Waals surface area contributed by atoms with Crippen molar-refractivity contribution in [1.29, 1.82) is 0 Å². The molecule has 3 aromatic rings. The summed E-state index contributed by atoms with van der Waals surface area (Å²) in [6.45, 7) is 5.60. The van der Waals surface area contributed by atoms with Crippen LogP contribution in [0.15, 0.2) is 53.4 Å². The van der Waals surface area contributed by atoms with E-state index in [0.717, 1.165) is 28.2 Å². The van der Waals surface area contributed by atoms with Crippen molar-refractivity contribution >= 4 is 26.9 Å². The minimum absolute atomic E-state index is 0.0170. The fraction of sp³-hybridized carbons (Fsp3) is 0.318. The van der Waals surface area contributed by atoms with Crippen molar-refractivity contribution in [2.24, 2.45) is 0 Å². The molecule has 0 aliphatic carbocycles. The largest absolute Gasteiger partial charge is 0.464 e. The zero-order valence-electron chi connectivity index (χ0n) is 17.0. The Morgan fingerprint density at radius 2 is 1.77 bits per heavy atom. The highest BCUT2D eigenvalue weighted by molar-refractivity contribution is 7.90. The van der Waals surface area contributed by atoms with E-state index in [2.05, 4.69) is 4.90 Å². The first-order valence-electron chi connectivity index (χ1n) is 9.75. The van der Waals surface area contributed by atoms with E-state index in [1.54, 1.807) is 30.3 Å². The van der Waals surface area contributed by atoms with Crippen molar-refractivity contribution < 1.29 is 22.7 Å². The van der Waals surface area contributed by atoms with Gasteiger partial charge in [0.05, 0.1) is 30.7 Å². The highest BCUT2D eigenvalue weighted by atomic mass is 32.2. The minimum Gasteiger partial charge on any atom is -0.464 e. The summed E-state index contributed by atoms with van der Waals surface area (Å²) in [7, 11) is -2.75. The second-order valence-corrected chi connectivity index (χ2v) is 9.17. The second kappa shape index (κ2) is 8.22. The van der Waals surface area contributed by atoms with E-state index >= 15 is 0 Å². The molecule has 158 valence electrons. The van der Waals surface area contributed by atoms with Crippen molar-refractivity contribution in [2.45, 2.75) is 18.4 Å². The van der Waals surface area contributed by atoms with E-state index < -0.39 is 16.0 Å². The molecule has 2 heterocycles. The summed E-state index contributed by atoms with van der Waals surface area (Å²) in [5.74, 6) is -0.698. The van der Waals surface area contributed by atoms with E-state index in [9.17, 15) is 13.2 Å². The number of carbonyl (C=O) groups excluding carboxylic acids is 1. The molecule has 0 unspecified atom stereocenters. The monoisotopic (exact) mass is 428 g/mol. The van der Waals surface area contributed by atoms with Crippen LogP contribution in [0.3, 0.4) is 0 Å². The molecule has 30 heavy (non-hydrogen) atoms. The highest BCUT2D eigenvalue weighted by Crippen LogP contribution is 2.28. The number of aryl methyl sites for hydroxylation is 1. The molecule has 1 aromatic heterocycles. The maximum atomic E-state index is 13.5. The van der Waals surface area contributed by atoms with Gasteiger partial charge in [0.2, 0.25) is 0 Å². The van der Waals surface area contributed by atoms with Gasteiger partial charge in [-0.05, 0) is 36.8 Å². The number of morpholine rings is 1. The lowest BCUT2D eigenvalue weighted by Crippen LogP contribution is -2.35. The van der Waals surface area contributed by atoms with Crippen LogP contribution in [0, 0.1) is 6.92 Å². The lowest BCUT2D eigenvalue weighted by Gasteiger charge is -2.26. The molecule has 0 atom stereocenters. The predicted molar refractivity (Wildman–Crippen MR) is 113 cm³/mol. The molecule has 1 aliphatic heterocycles. The summed E-state index contributed by atoms with van der Waals surface area (Å²) >= 11 is 0. The van der Waals surface area contributed by atoms with Gasteiger partial charge in [0.1, 0.15) is 5.69 Å². The predicted octanol–water partition coefficient (Wildman–Crippen LogP) is 2.81. The molecule has 7 nitrogen and oxygen atoms in total. The Hall–Kier alpha value is -2.68. The molecule has 1 fully saturated rings. The number of methoxy groups -OCH3 is 1. The Morgan fingerprint density at radius 1 is 1.07 bits per heavy atom. The van der Waals surface area contributed by atoms with Gasteiger partial charge in [-0.15, -0.1) is 0 Å². The van der Waals surface area contributed by atoms with Crippen LogP contribution in [0.2, 0.25) is 0 Å². The Labute approximate surface area is 175 Å². The maximum Gasteiger partial charge on any atom is 0.355 e. The topological polar surface area (TPSA) is 77.8 Å². The van der Waals surface area contributed by atoms with Crippen molar-refractivity contribution in [2.75, 3.05) is 33.4 Å². The molecule has 1 aliphatic rings. The van der Waals surface area contributed by atoms with E-state index in [-0.39, 0.29) is 10.6 Å². The van der Waals surface area contributed by atoms with Gasteiger partial charge < -0.3 is 9.47 Å². The molecule has 0 spiro atoms. The molecular formula is C22H24N2O5S. The third kappa shape index (κ3) is 3.86. The number of carbonyl (C=O) groups is 1. The smallest absolute Gasteiger partial charge is 0.355 e. The van der Waals surface area contributed by atoms with Gasteiger partial charge in [-0.3, -0.25) is 4.90 Å². The first kappa shape index (κ1) is 20.6. The summed E-state index contributed by atoms with van der Waals surface area (Å²) in [4.78, 5) is 14.8. The normalized spacial score (nSPS) is 15.4. The zero-order chi connectivity index (χ0) is 21.3. The molecule has 0 amide bonds. The van der Waals surface area contributed by atoms with Gasteiger partial charge in [0, 0.05) is 25.0 Å². The summed E-state index contributed by atoms with van der Waals surface area (Å²) < 4.78 is 38.3. The number of aromatic nitrogens is 1. The standard InChI is InChI=1S/C22H24N2O5S/c1-16-3-7-19(8-4-16)30(26,27)24-20-13-17(15-23-9-11-29-12-10-23)5-6-18(20)14-21(24)22(25)28-2/h3-8,13-14H,9-12,15H2,1-2H3. The van der Waals surface area contributed by atoms with Gasteiger partial charge in [-0.25, -0.2) is 17.2 Å². The van der Waals surface area contributed by atoms with Gasteiger partial charge in [-0.2, -0.15) is 0 Å². The fourth-order valence-electron chi connectivity index (χ4n) is 3.66. The molecule has 0 radical (unpaired) electrons. The highest BCUT2D eigenvalue weighted by Gasteiger charge is 2.27. The van der Waals surface area contributed by atoms with E-state index in [0.29, 0.717) is 30.7 Å². The van der Waals surface area contributed by atoms with E-state index in [1.807, 2.05) is 25.1 Å². The van der Waals surface area contributed by atoms with E-state index in [4.69, 9.17) is 9.47 Å². The number of hydrogen-bond acceptors (Lipinski definition) is 6. The SMILES string of the molecule is COC(=O)c1cc2ccc(CN3CCOCC3)cc2n1S(=O)(=O)c1ccc(C)cc1. The van der Waals surface area contributed by atoms with Crippen LogP contribution in [0.1, 0.15) is 21.6 Å². The summed E-state index contributed by atoms with van der Waals surface area (Å²) in [6, 6.07) is 13.8. The van der Waals surface area contributed by atoms with Crippen LogP contribution < -0.4 is 0 Å². The molecule has 0 N–H and O–H groups in total. The molecular weight excluding hydrogens is 404 g/mol. The Bertz CT molecular complexity index is 1180. The molecule has 2 aromatic carbocycles. The van der Waals surface area contributed by atoms with Gasteiger partial charge >= 0.3 is 5.97 Å². The van der Waals surface area contributed by atoms with Crippen molar-refractivity contribution in [1.82, 2.24) is 8.87 Å². The van der Waals surface area contributed by atoms with Gasteiger partial charge in [0.15, 0.2) is 0 Å². The number of hydrogen-bond donors (Lipinski definition) is 0. The van der Waals surface area contributed by atoms with Crippen molar-refractivity contribution in [3.63, 3.8) is 0 Å². The summed E-state index contributed by atoms with van der Waals surface area (Å²) in [5.41, 5.74) is 2.37. The zero-order valence-corrected chi connectivity index (χ0v) is 17.8. The van der Waals surface area contributed by atoms with Crippen LogP contribution in [-0.2, 0) is 26.0 Å². The van der Waals surface area contributed by atoms with Crippen molar-refractivity contribution in [3.8, 4) is 0 Å². The number of ether oxygens (including phenoxy) is 2. The minimum atomic E-state index is -3.99. The number of rotatable bonds is 5. The number of esters is 1. The van der Waals surface area contributed by atoms with Crippen LogP contribution in [0.5, 0.6) is 0 Å². The van der Waals surface area contributed by atoms with Gasteiger partial charge in [-0.1, -0.05) is 29.8 Å². The number of benzene rings is 2. The molecule has 8 heteroatoms. The first-order valence-corrected chi connectivity index (χ1v) is 11.2. The Balaban J connectivity index is 1.85. The lowest BCUT2D eigenvalue weighted by molar-refractivity contribution is 0.0342. The van der Waals surface area contributed by atoms with E-state index in [1.165, 1.54) is 7.11 Å². The Kier molecular flexibility index (Phi) is 5.64. The van der Waals surface area contributed by atoms with Crippen LogP contribution in [0.4, 0.5) is 0 Å². The van der Waals surface area contributed by atoms with Crippen molar-refractivity contribution in [3.05, 3.63) is 65.4 Å². The average molecular weight is 429 g/mol. The van der Waals surface area contributed by atoms with Crippen LogP contribution in [-0.4, -0.2) is 56.7 Å². The Morgan fingerprint density at radius 3 is 2.43 bits per heavy atom. The third-order valence-electron chi connectivity index (χ3n) is 5.29. The maximum absolute atomic E-state index is 13.5. The second-order valence-electron chi connectivity index (χ2n) is 7.39. The molecule has 0 saturated carbocycles. The fourth-order valence-corrected chi connectivity index (χ4v) is 5.15. The molecule has 1 saturated heterocycles. The van der Waals surface area contributed by atoms with Crippen LogP contribution >= 0.6 is 0 Å². The van der Waals surface area contributed by atoms with Gasteiger partial charge in [0.25, 0.3) is 10.0 Å².